The number of carbonyl (C=O) groups is 1. The molecule has 74 valence electrons. The normalized spacial score (nSPS) is 46.7. The van der Waals surface area contributed by atoms with Crippen molar-refractivity contribution in [2.75, 3.05) is 0 Å². The molecule has 2 heteroatoms. The van der Waals surface area contributed by atoms with Crippen LogP contribution in [-0.2, 0) is 4.79 Å². The molecule has 2 rings (SSSR count). The molecule has 2 aliphatic carbocycles. The molecule has 0 aromatic carbocycles. The molecule has 3 atom stereocenters. The first-order chi connectivity index (χ1) is 5.89. The molecule has 2 fully saturated rings. The molecular weight excluding hydrogens is 164 g/mol. The van der Waals surface area contributed by atoms with Crippen LogP contribution in [0.15, 0.2) is 0 Å². The van der Waals surface area contributed by atoms with Gasteiger partial charge in [0.15, 0.2) is 0 Å². The topological polar surface area (TPSA) is 37.3 Å². The Hall–Kier alpha value is -0.530. The van der Waals surface area contributed by atoms with Gasteiger partial charge in [-0.05, 0) is 36.0 Å². The van der Waals surface area contributed by atoms with Crippen molar-refractivity contribution in [2.24, 2.45) is 22.7 Å². The number of hydrogen-bond donors (Lipinski definition) is 1. The van der Waals surface area contributed by atoms with E-state index in [2.05, 4.69) is 20.8 Å². The summed E-state index contributed by atoms with van der Waals surface area (Å²) >= 11 is 0. The van der Waals surface area contributed by atoms with Gasteiger partial charge in [0, 0.05) is 0 Å². The van der Waals surface area contributed by atoms with Gasteiger partial charge in [0.2, 0.25) is 0 Å². The SMILES string of the molecule is CC1(C)[C@@H]2CC[C@]1(C)[C@@H](C(=O)O)C2. The number of fused-ring (bicyclic) bond motifs is 2. The van der Waals surface area contributed by atoms with E-state index in [1.807, 2.05) is 0 Å². The summed E-state index contributed by atoms with van der Waals surface area (Å²) in [6.07, 6.45) is 3.23. The van der Waals surface area contributed by atoms with Crippen molar-refractivity contribution in [3.05, 3.63) is 0 Å². The van der Waals surface area contributed by atoms with Gasteiger partial charge in [-0.15, -0.1) is 0 Å². The summed E-state index contributed by atoms with van der Waals surface area (Å²) in [4.78, 5) is 11.1. The minimum absolute atomic E-state index is 0.0451. The Bertz CT molecular complexity index is 257. The molecule has 13 heavy (non-hydrogen) atoms. The van der Waals surface area contributed by atoms with Crippen molar-refractivity contribution in [1.82, 2.24) is 0 Å². The van der Waals surface area contributed by atoms with E-state index in [4.69, 9.17) is 5.11 Å². The quantitative estimate of drug-likeness (QED) is 0.676. The summed E-state index contributed by atoms with van der Waals surface area (Å²) in [5.41, 5.74) is 0.277. The molecule has 2 bridgehead atoms. The molecule has 2 saturated carbocycles. The molecule has 0 aliphatic heterocycles. The predicted octanol–water partition coefficient (Wildman–Crippen LogP) is 2.53. The zero-order valence-corrected chi connectivity index (χ0v) is 8.63. The summed E-state index contributed by atoms with van der Waals surface area (Å²) in [5.74, 6) is -0.0439. The van der Waals surface area contributed by atoms with Gasteiger partial charge in [-0.25, -0.2) is 0 Å². The fraction of sp³-hybridized carbons (Fsp3) is 0.909. The van der Waals surface area contributed by atoms with E-state index in [9.17, 15) is 4.79 Å². The van der Waals surface area contributed by atoms with E-state index < -0.39 is 5.97 Å². The molecule has 0 amide bonds. The Morgan fingerprint density at radius 2 is 2.00 bits per heavy atom. The van der Waals surface area contributed by atoms with Gasteiger partial charge in [0.05, 0.1) is 5.92 Å². The van der Waals surface area contributed by atoms with E-state index in [1.54, 1.807) is 0 Å². The van der Waals surface area contributed by atoms with Crippen molar-refractivity contribution in [3.63, 3.8) is 0 Å². The Morgan fingerprint density at radius 3 is 2.23 bits per heavy atom. The lowest BCUT2D eigenvalue weighted by Gasteiger charge is -2.37. The van der Waals surface area contributed by atoms with Gasteiger partial charge in [-0.3, -0.25) is 4.79 Å². The zero-order valence-electron chi connectivity index (χ0n) is 8.63. The van der Waals surface area contributed by atoms with Gasteiger partial charge in [0.25, 0.3) is 0 Å². The van der Waals surface area contributed by atoms with Crippen LogP contribution in [0.4, 0.5) is 0 Å². The van der Waals surface area contributed by atoms with Crippen LogP contribution in [0.25, 0.3) is 0 Å². The highest BCUT2D eigenvalue weighted by atomic mass is 16.4. The molecule has 1 N–H and O–H groups in total. The van der Waals surface area contributed by atoms with Gasteiger partial charge < -0.3 is 5.11 Å². The molecule has 0 unspecified atom stereocenters. The molecular formula is C11H18O2. The number of carboxylic acid groups (broad SMARTS) is 1. The first kappa shape index (κ1) is 9.04. The first-order valence-electron chi connectivity index (χ1n) is 5.12. The monoisotopic (exact) mass is 182 g/mol. The minimum Gasteiger partial charge on any atom is -0.481 e. The highest BCUT2D eigenvalue weighted by molar-refractivity contribution is 5.72. The van der Waals surface area contributed by atoms with Crippen molar-refractivity contribution in [3.8, 4) is 0 Å². The van der Waals surface area contributed by atoms with Crippen LogP contribution in [0.5, 0.6) is 0 Å². The molecule has 0 heterocycles. The lowest BCUT2D eigenvalue weighted by Crippen LogP contribution is -2.36. The van der Waals surface area contributed by atoms with Gasteiger partial charge >= 0.3 is 5.97 Å². The maximum atomic E-state index is 11.1. The van der Waals surface area contributed by atoms with E-state index >= 15 is 0 Å². The second-order valence-electron chi connectivity index (χ2n) is 5.50. The van der Waals surface area contributed by atoms with E-state index in [-0.39, 0.29) is 16.7 Å². The van der Waals surface area contributed by atoms with Crippen LogP contribution in [0, 0.1) is 22.7 Å². The molecule has 2 nitrogen and oxygen atoms in total. The van der Waals surface area contributed by atoms with Crippen LogP contribution in [0.1, 0.15) is 40.0 Å². The van der Waals surface area contributed by atoms with Crippen molar-refractivity contribution in [2.45, 2.75) is 40.0 Å². The number of hydrogen-bond acceptors (Lipinski definition) is 1. The summed E-state index contributed by atoms with van der Waals surface area (Å²) < 4.78 is 0. The van der Waals surface area contributed by atoms with Crippen molar-refractivity contribution >= 4 is 5.97 Å². The lowest BCUT2D eigenvalue weighted by atomic mass is 9.67. The fourth-order valence-corrected chi connectivity index (χ4v) is 3.58. The second-order valence-corrected chi connectivity index (χ2v) is 5.50. The van der Waals surface area contributed by atoms with Crippen molar-refractivity contribution < 1.29 is 9.90 Å². The maximum Gasteiger partial charge on any atom is 0.307 e. The van der Waals surface area contributed by atoms with Crippen LogP contribution in [0.2, 0.25) is 0 Å². The third kappa shape index (κ3) is 0.866. The summed E-state index contributed by atoms with van der Waals surface area (Å²) in [6.45, 7) is 6.65. The highest BCUT2D eigenvalue weighted by Gasteiger charge is 2.63. The second kappa shape index (κ2) is 2.28. The third-order valence-electron chi connectivity index (χ3n) is 5.09. The molecule has 0 aromatic heterocycles. The Balaban J connectivity index is 2.38. The highest BCUT2D eigenvalue weighted by Crippen LogP contribution is 2.68. The Morgan fingerprint density at radius 1 is 1.38 bits per heavy atom. The van der Waals surface area contributed by atoms with Crippen LogP contribution < -0.4 is 0 Å². The molecule has 0 saturated heterocycles. The van der Waals surface area contributed by atoms with Gasteiger partial charge in [-0.1, -0.05) is 20.8 Å². The first-order valence-corrected chi connectivity index (χ1v) is 5.12. The van der Waals surface area contributed by atoms with E-state index in [0.29, 0.717) is 5.92 Å². The smallest absolute Gasteiger partial charge is 0.307 e. The van der Waals surface area contributed by atoms with E-state index in [0.717, 1.165) is 12.8 Å². The minimum atomic E-state index is -0.585. The summed E-state index contributed by atoms with van der Waals surface area (Å²) in [7, 11) is 0. The predicted molar refractivity (Wildman–Crippen MR) is 50.4 cm³/mol. The number of aliphatic carboxylic acids is 1. The number of rotatable bonds is 1. The van der Waals surface area contributed by atoms with Crippen LogP contribution >= 0.6 is 0 Å². The molecule has 0 aromatic rings. The van der Waals surface area contributed by atoms with E-state index in [1.165, 1.54) is 6.42 Å². The Kier molecular flexibility index (Phi) is 1.59. The van der Waals surface area contributed by atoms with Crippen LogP contribution in [0.3, 0.4) is 0 Å². The summed E-state index contributed by atoms with van der Waals surface area (Å²) in [5, 5.41) is 9.13. The zero-order chi connectivity index (χ0) is 9.85. The molecule has 2 aliphatic rings. The standard InChI is InChI=1S/C11H18O2/c1-10(2)7-4-5-11(10,3)8(6-7)9(12)13/h7-8H,4-6H2,1-3H3,(H,12,13)/t7-,8-,11-/m1/s1. The lowest BCUT2D eigenvalue weighted by molar-refractivity contribution is -0.147. The average Bonchev–Trinajstić information content (AvgIpc) is 2.34. The van der Waals surface area contributed by atoms with Crippen LogP contribution in [-0.4, -0.2) is 11.1 Å². The summed E-state index contributed by atoms with van der Waals surface area (Å²) in [6, 6.07) is 0. The number of carboxylic acids is 1. The maximum absolute atomic E-state index is 11.1. The largest absolute Gasteiger partial charge is 0.481 e. The molecule has 0 radical (unpaired) electrons. The third-order valence-corrected chi connectivity index (χ3v) is 5.09. The van der Waals surface area contributed by atoms with Crippen molar-refractivity contribution in [1.29, 1.82) is 0 Å². The fourth-order valence-electron chi connectivity index (χ4n) is 3.58. The van der Waals surface area contributed by atoms with Gasteiger partial charge in [0.1, 0.15) is 0 Å². The average molecular weight is 182 g/mol. The Labute approximate surface area is 79.3 Å². The molecule has 0 spiro atoms. The van der Waals surface area contributed by atoms with Gasteiger partial charge in [-0.2, -0.15) is 0 Å².